The van der Waals surface area contributed by atoms with Crippen LogP contribution in [-0.2, 0) is 9.59 Å². The van der Waals surface area contributed by atoms with Gasteiger partial charge in [0.25, 0.3) is 0 Å². The minimum absolute atomic E-state index is 0.00313. The van der Waals surface area contributed by atoms with E-state index in [-0.39, 0.29) is 24.2 Å². The van der Waals surface area contributed by atoms with Crippen molar-refractivity contribution in [2.45, 2.75) is 39.0 Å². The number of rotatable bonds is 4. The van der Waals surface area contributed by atoms with Crippen LogP contribution < -0.4 is 15.5 Å². The monoisotopic (exact) mass is 398 g/mol. The van der Waals surface area contributed by atoms with Gasteiger partial charge in [0.1, 0.15) is 0 Å². The molecule has 0 spiro atoms. The lowest BCUT2D eigenvalue weighted by Gasteiger charge is -2.20. The fourth-order valence-corrected chi connectivity index (χ4v) is 4.98. The number of aryl methyl sites for hydroxylation is 1. The highest BCUT2D eigenvalue weighted by molar-refractivity contribution is 7.15. The molecule has 0 radical (unpaired) electrons. The van der Waals surface area contributed by atoms with Crippen molar-refractivity contribution in [1.29, 1.82) is 0 Å². The van der Waals surface area contributed by atoms with E-state index in [1.807, 2.05) is 38.2 Å². The number of carbonyl (C=O) groups is 2. The molecular formula is C21H26N4O2S. The predicted octanol–water partition coefficient (Wildman–Crippen LogP) is 3.22. The second-order valence-corrected chi connectivity index (χ2v) is 8.77. The summed E-state index contributed by atoms with van der Waals surface area (Å²) < 4.78 is 0. The Bertz CT molecular complexity index is 888. The normalized spacial score (nSPS) is 20.6. The molecule has 2 aliphatic heterocycles. The fraction of sp³-hybridized carbons (Fsp3) is 0.476. The molecule has 1 atom stereocenters. The number of anilines is 2. The Morgan fingerprint density at radius 2 is 2.07 bits per heavy atom. The second-order valence-electron chi connectivity index (χ2n) is 7.71. The average Bonchev–Trinajstić information content (AvgIpc) is 3.32. The van der Waals surface area contributed by atoms with Crippen molar-refractivity contribution in [1.82, 2.24) is 10.3 Å². The molecule has 7 heteroatoms. The number of benzene rings is 1. The third-order valence-corrected chi connectivity index (χ3v) is 6.93. The zero-order valence-electron chi connectivity index (χ0n) is 16.3. The van der Waals surface area contributed by atoms with Gasteiger partial charge in [0.05, 0.1) is 5.92 Å². The zero-order chi connectivity index (χ0) is 19.7. The molecule has 2 saturated heterocycles. The van der Waals surface area contributed by atoms with Crippen molar-refractivity contribution in [3.8, 4) is 0 Å². The molecule has 1 aromatic heterocycles. The quantitative estimate of drug-likeness (QED) is 0.829. The first-order valence-corrected chi connectivity index (χ1v) is 10.7. The molecule has 2 amide bonds. The van der Waals surface area contributed by atoms with E-state index < -0.39 is 0 Å². The standard InChI is InChI=1S/C21H26N4O2S/c1-13-4-3-5-17(14(13)2)25-12-16(10-19(25)26)20(27)24-21-23-11-18(28-21)15-6-8-22-9-7-15/h3-5,11,15-16,22H,6-10,12H2,1-2H3,(H,23,24,27). The number of carbonyl (C=O) groups excluding carboxylic acids is 2. The highest BCUT2D eigenvalue weighted by Gasteiger charge is 2.36. The predicted molar refractivity (Wildman–Crippen MR) is 112 cm³/mol. The summed E-state index contributed by atoms with van der Waals surface area (Å²) in [6, 6.07) is 5.94. The topological polar surface area (TPSA) is 74.3 Å². The van der Waals surface area contributed by atoms with E-state index in [4.69, 9.17) is 0 Å². The van der Waals surface area contributed by atoms with Crippen LogP contribution in [0, 0.1) is 19.8 Å². The van der Waals surface area contributed by atoms with Crippen molar-refractivity contribution in [2.75, 3.05) is 29.9 Å². The lowest BCUT2D eigenvalue weighted by molar-refractivity contribution is -0.122. The van der Waals surface area contributed by atoms with Gasteiger partial charge in [-0.05, 0) is 62.9 Å². The summed E-state index contributed by atoms with van der Waals surface area (Å²) in [5.41, 5.74) is 3.14. The maximum atomic E-state index is 12.7. The Hall–Kier alpha value is -2.25. The smallest absolute Gasteiger partial charge is 0.231 e. The van der Waals surface area contributed by atoms with Crippen LogP contribution in [0.15, 0.2) is 24.4 Å². The van der Waals surface area contributed by atoms with Gasteiger partial charge in [0, 0.05) is 29.7 Å². The Morgan fingerprint density at radius 3 is 2.86 bits per heavy atom. The minimum atomic E-state index is -0.348. The van der Waals surface area contributed by atoms with Crippen LogP contribution in [0.3, 0.4) is 0 Å². The molecule has 2 aromatic rings. The summed E-state index contributed by atoms with van der Waals surface area (Å²) in [6.45, 7) is 6.53. The van der Waals surface area contributed by atoms with E-state index in [2.05, 4.69) is 15.6 Å². The van der Waals surface area contributed by atoms with Crippen LogP contribution in [0.5, 0.6) is 0 Å². The Morgan fingerprint density at radius 1 is 1.29 bits per heavy atom. The average molecular weight is 399 g/mol. The van der Waals surface area contributed by atoms with Gasteiger partial charge in [-0.2, -0.15) is 0 Å². The lowest BCUT2D eigenvalue weighted by Crippen LogP contribution is -2.28. The van der Waals surface area contributed by atoms with E-state index in [0.717, 1.165) is 42.7 Å². The number of hydrogen-bond acceptors (Lipinski definition) is 5. The zero-order valence-corrected chi connectivity index (χ0v) is 17.1. The first-order valence-electron chi connectivity index (χ1n) is 9.87. The maximum Gasteiger partial charge on any atom is 0.231 e. The summed E-state index contributed by atoms with van der Waals surface area (Å²) in [5, 5.41) is 6.94. The summed E-state index contributed by atoms with van der Waals surface area (Å²) in [7, 11) is 0. The van der Waals surface area contributed by atoms with Crippen LogP contribution in [0.4, 0.5) is 10.8 Å². The first-order chi connectivity index (χ1) is 13.5. The van der Waals surface area contributed by atoms with E-state index >= 15 is 0 Å². The second kappa shape index (κ2) is 8.01. The molecule has 0 aliphatic carbocycles. The van der Waals surface area contributed by atoms with Crippen LogP contribution in [0.1, 0.15) is 41.2 Å². The molecular weight excluding hydrogens is 372 g/mol. The molecule has 6 nitrogen and oxygen atoms in total. The number of nitrogens with one attached hydrogen (secondary N) is 2. The van der Waals surface area contributed by atoms with E-state index in [1.54, 1.807) is 16.2 Å². The number of thiazole rings is 1. The molecule has 4 rings (SSSR count). The first kappa shape index (κ1) is 19.1. The Kier molecular flexibility index (Phi) is 5.46. The molecule has 28 heavy (non-hydrogen) atoms. The van der Waals surface area contributed by atoms with E-state index in [0.29, 0.717) is 17.6 Å². The molecule has 0 saturated carbocycles. The van der Waals surface area contributed by atoms with Crippen LogP contribution in [-0.4, -0.2) is 36.4 Å². The maximum absolute atomic E-state index is 12.7. The summed E-state index contributed by atoms with van der Waals surface area (Å²) in [4.78, 5) is 32.7. The van der Waals surface area contributed by atoms with Crippen molar-refractivity contribution in [2.24, 2.45) is 5.92 Å². The fourth-order valence-electron chi connectivity index (χ4n) is 3.99. The van der Waals surface area contributed by atoms with Crippen molar-refractivity contribution in [3.05, 3.63) is 40.4 Å². The Labute approximate surface area is 169 Å². The molecule has 2 fully saturated rings. The molecule has 2 N–H and O–H groups in total. The summed E-state index contributed by atoms with van der Waals surface area (Å²) in [5.74, 6) is 0.0617. The minimum Gasteiger partial charge on any atom is -0.317 e. The van der Waals surface area contributed by atoms with Crippen LogP contribution >= 0.6 is 11.3 Å². The van der Waals surface area contributed by atoms with E-state index in [9.17, 15) is 9.59 Å². The van der Waals surface area contributed by atoms with Gasteiger partial charge in [-0.25, -0.2) is 4.98 Å². The van der Waals surface area contributed by atoms with Crippen molar-refractivity contribution < 1.29 is 9.59 Å². The van der Waals surface area contributed by atoms with Gasteiger partial charge in [-0.1, -0.05) is 12.1 Å². The van der Waals surface area contributed by atoms with Gasteiger partial charge in [0.15, 0.2) is 5.13 Å². The number of amides is 2. The SMILES string of the molecule is Cc1cccc(N2CC(C(=O)Nc3ncc(C4CCNCC4)s3)CC2=O)c1C. The molecule has 0 bridgehead atoms. The number of nitrogens with zero attached hydrogens (tertiary/aromatic N) is 2. The highest BCUT2D eigenvalue weighted by atomic mass is 32.1. The number of hydrogen-bond donors (Lipinski definition) is 2. The molecule has 2 aliphatic rings. The lowest BCUT2D eigenvalue weighted by atomic mass is 9.97. The molecule has 148 valence electrons. The molecule has 1 aromatic carbocycles. The van der Waals surface area contributed by atoms with Gasteiger partial charge in [-0.15, -0.1) is 11.3 Å². The summed E-state index contributed by atoms with van der Waals surface area (Å²) >= 11 is 1.56. The third-order valence-electron chi connectivity index (χ3n) is 5.86. The third kappa shape index (κ3) is 3.82. The highest BCUT2D eigenvalue weighted by Crippen LogP contribution is 2.33. The van der Waals surface area contributed by atoms with Gasteiger partial charge >= 0.3 is 0 Å². The number of piperidine rings is 1. The molecule has 1 unspecified atom stereocenters. The van der Waals surface area contributed by atoms with Crippen LogP contribution in [0.2, 0.25) is 0 Å². The molecule has 3 heterocycles. The van der Waals surface area contributed by atoms with Gasteiger partial charge in [-0.3, -0.25) is 9.59 Å². The van der Waals surface area contributed by atoms with Crippen molar-refractivity contribution in [3.63, 3.8) is 0 Å². The summed E-state index contributed by atoms with van der Waals surface area (Å²) in [6.07, 6.45) is 4.35. The number of aromatic nitrogens is 1. The van der Waals surface area contributed by atoms with Crippen molar-refractivity contribution >= 4 is 34.0 Å². The van der Waals surface area contributed by atoms with E-state index in [1.165, 1.54) is 4.88 Å². The van der Waals surface area contributed by atoms with Gasteiger partial charge < -0.3 is 15.5 Å². The van der Waals surface area contributed by atoms with Crippen LogP contribution in [0.25, 0.3) is 0 Å². The largest absolute Gasteiger partial charge is 0.317 e. The Balaban J connectivity index is 1.41. The van der Waals surface area contributed by atoms with Gasteiger partial charge in [0.2, 0.25) is 11.8 Å².